The zero-order chi connectivity index (χ0) is 49.9. The molecule has 2 N–H and O–H groups in total. The van der Waals surface area contributed by atoms with Crippen LogP contribution in [0.25, 0.3) is 0 Å². The lowest BCUT2D eigenvalue weighted by molar-refractivity contribution is 0.0804. The largest absolute Gasteiger partial charge is 0.384 e. The standard InChI is InChI=1S/2C8H19N.C7H17N.2C6H15N.2C6H14O.C5H12O/c2*1-7(2)8(3)6-9(4)5;1-7(2)5-6-8(3)4;4*1-5(2)6(3)7-4;1-5(2)4-6-3/h2*7-8H,6H2,1-5H3;7H,5-6H2,1-4H3;2*5-7H,1-4H3;2*5-6H,1-4H3;5H,4H2,1-3H3/t8-;;;;;6-;;/m1....1../s1. The summed E-state index contributed by atoms with van der Waals surface area (Å²) < 4.78 is 14.8. The number of ether oxygens (including phenoxy) is 3. The number of nitrogens with one attached hydrogen (secondary N) is 2. The number of hydrogen-bond acceptors (Lipinski definition) is 8. The molecule has 376 valence electrons. The third-order valence-electron chi connectivity index (χ3n) is 10.8. The first kappa shape index (κ1) is 76.9. The van der Waals surface area contributed by atoms with Crippen LogP contribution in [-0.4, -0.2) is 143 Å². The Kier molecular flexibility index (Phi) is 68.0. The molecule has 0 amide bonds. The van der Waals surface area contributed by atoms with Crippen molar-refractivity contribution in [1.29, 1.82) is 0 Å². The van der Waals surface area contributed by atoms with Crippen molar-refractivity contribution in [3.63, 3.8) is 0 Å². The van der Waals surface area contributed by atoms with Crippen LogP contribution in [0.3, 0.4) is 0 Å². The van der Waals surface area contributed by atoms with Crippen LogP contribution in [-0.2, 0) is 14.2 Å². The molecule has 0 aliphatic rings. The van der Waals surface area contributed by atoms with E-state index in [0.29, 0.717) is 42.0 Å². The molecule has 8 heteroatoms. The van der Waals surface area contributed by atoms with E-state index in [1.54, 1.807) is 21.3 Å². The Hall–Kier alpha value is -0.320. The van der Waals surface area contributed by atoms with Crippen molar-refractivity contribution >= 4 is 0 Å². The molecule has 0 bridgehead atoms. The van der Waals surface area contributed by atoms with Crippen molar-refractivity contribution < 1.29 is 14.2 Å². The second-order valence-corrected chi connectivity index (χ2v) is 20.8. The molecule has 0 aromatic rings. The van der Waals surface area contributed by atoms with E-state index in [-0.39, 0.29) is 0 Å². The van der Waals surface area contributed by atoms with Crippen LogP contribution in [0, 0.1) is 59.2 Å². The summed E-state index contributed by atoms with van der Waals surface area (Å²) in [5.74, 6) is 7.58. The van der Waals surface area contributed by atoms with E-state index in [1.807, 2.05) is 14.1 Å². The maximum Gasteiger partial charge on any atom is 0.0566 e. The van der Waals surface area contributed by atoms with Crippen molar-refractivity contribution in [2.24, 2.45) is 59.2 Å². The fourth-order valence-electron chi connectivity index (χ4n) is 3.63. The Morgan fingerprint density at radius 2 is 0.667 bits per heavy atom. The van der Waals surface area contributed by atoms with Crippen LogP contribution in [0.4, 0.5) is 0 Å². The normalized spacial score (nSPS) is 14.0. The fraction of sp³-hybridized carbons (Fsp3) is 1.00. The Balaban J connectivity index is -0.0000000861. The van der Waals surface area contributed by atoms with Gasteiger partial charge in [0.15, 0.2) is 0 Å². The van der Waals surface area contributed by atoms with Crippen LogP contribution in [0.5, 0.6) is 0 Å². The summed E-state index contributed by atoms with van der Waals surface area (Å²) in [6, 6.07) is 1.31. The molecule has 4 unspecified atom stereocenters. The zero-order valence-electron chi connectivity index (χ0n) is 48.2. The van der Waals surface area contributed by atoms with Crippen LogP contribution < -0.4 is 10.6 Å². The maximum atomic E-state index is 5.01. The van der Waals surface area contributed by atoms with Crippen LogP contribution in [0.2, 0.25) is 0 Å². The minimum Gasteiger partial charge on any atom is -0.384 e. The van der Waals surface area contributed by atoms with Gasteiger partial charge in [0.25, 0.3) is 0 Å². The first-order valence-corrected chi connectivity index (χ1v) is 24.0. The van der Waals surface area contributed by atoms with Crippen molar-refractivity contribution in [3.8, 4) is 0 Å². The van der Waals surface area contributed by atoms with Gasteiger partial charge in [0, 0.05) is 53.1 Å². The summed E-state index contributed by atoms with van der Waals surface area (Å²) in [6.45, 7) is 52.9. The molecule has 0 fully saturated rings. The lowest BCUT2D eigenvalue weighted by atomic mass is 9.98. The summed E-state index contributed by atoms with van der Waals surface area (Å²) in [7, 11) is 21.9. The minimum absolute atomic E-state index is 0.403. The summed E-state index contributed by atoms with van der Waals surface area (Å²) in [6.07, 6.45) is 2.12. The Morgan fingerprint density at radius 1 is 0.383 bits per heavy atom. The number of methoxy groups -OCH3 is 3. The molecule has 0 aromatic carbocycles. The van der Waals surface area contributed by atoms with E-state index < -0.39 is 0 Å². The third-order valence-corrected chi connectivity index (χ3v) is 10.8. The Labute approximate surface area is 384 Å². The van der Waals surface area contributed by atoms with Crippen molar-refractivity contribution in [2.75, 3.05) is 104 Å². The molecule has 0 saturated carbocycles. The predicted molar refractivity (Wildman–Crippen MR) is 279 cm³/mol. The highest BCUT2D eigenvalue weighted by molar-refractivity contribution is 4.61. The summed E-state index contributed by atoms with van der Waals surface area (Å²) in [5.41, 5.74) is 0. The molecule has 6 atom stereocenters. The highest BCUT2D eigenvalue weighted by Crippen LogP contribution is 2.10. The highest BCUT2D eigenvalue weighted by atomic mass is 16.5. The minimum atomic E-state index is 0.403. The molecule has 0 heterocycles. The smallest absolute Gasteiger partial charge is 0.0566 e. The van der Waals surface area contributed by atoms with Crippen LogP contribution in [0.15, 0.2) is 0 Å². The molecule has 0 saturated heterocycles. The van der Waals surface area contributed by atoms with Gasteiger partial charge in [-0.15, -0.1) is 0 Å². The molecule has 0 aromatic heterocycles. The van der Waals surface area contributed by atoms with Gasteiger partial charge in [-0.2, -0.15) is 0 Å². The second-order valence-electron chi connectivity index (χ2n) is 20.8. The topological polar surface area (TPSA) is 61.5 Å². The van der Waals surface area contributed by atoms with E-state index in [1.165, 1.54) is 26.1 Å². The van der Waals surface area contributed by atoms with Gasteiger partial charge in [0.05, 0.1) is 12.2 Å². The van der Waals surface area contributed by atoms with Gasteiger partial charge in [0.1, 0.15) is 0 Å². The van der Waals surface area contributed by atoms with Gasteiger partial charge >= 0.3 is 0 Å². The first-order chi connectivity index (χ1) is 27.2. The summed E-state index contributed by atoms with van der Waals surface area (Å²) in [4.78, 5) is 6.70. The molecule has 0 spiro atoms. The molecular weight excluding hydrogens is 743 g/mol. The molecule has 8 nitrogen and oxygen atoms in total. The van der Waals surface area contributed by atoms with Gasteiger partial charge in [-0.25, -0.2) is 0 Å². The monoisotopic (exact) mass is 868 g/mol. The zero-order valence-corrected chi connectivity index (χ0v) is 48.2. The number of rotatable bonds is 19. The van der Waals surface area contributed by atoms with E-state index in [0.717, 1.165) is 48.0 Å². The molecule has 60 heavy (non-hydrogen) atoms. The van der Waals surface area contributed by atoms with E-state index in [4.69, 9.17) is 14.2 Å². The van der Waals surface area contributed by atoms with Gasteiger partial charge in [-0.1, -0.05) is 125 Å². The third kappa shape index (κ3) is 81.5. The van der Waals surface area contributed by atoms with Crippen molar-refractivity contribution in [1.82, 2.24) is 25.3 Å². The average Bonchev–Trinajstić information content (AvgIpc) is 3.13. The quantitative estimate of drug-likeness (QED) is 0.133. The lowest BCUT2D eigenvalue weighted by Gasteiger charge is -2.19. The fourth-order valence-corrected chi connectivity index (χ4v) is 3.63. The van der Waals surface area contributed by atoms with Crippen molar-refractivity contribution in [2.45, 2.75) is 183 Å². The van der Waals surface area contributed by atoms with Crippen LogP contribution >= 0.6 is 0 Å². The number of nitrogens with zero attached hydrogens (tertiary/aromatic N) is 3. The van der Waals surface area contributed by atoms with Gasteiger partial charge in [0.2, 0.25) is 0 Å². The molecule has 0 aliphatic heterocycles. The Bertz CT molecular complexity index is 659. The van der Waals surface area contributed by atoms with Crippen molar-refractivity contribution in [3.05, 3.63) is 0 Å². The maximum absolute atomic E-state index is 5.01. The molecule has 0 radical (unpaired) electrons. The van der Waals surface area contributed by atoms with E-state index >= 15 is 0 Å². The van der Waals surface area contributed by atoms with E-state index in [9.17, 15) is 0 Å². The average molecular weight is 869 g/mol. The second kappa shape index (κ2) is 53.0. The first-order valence-electron chi connectivity index (χ1n) is 24.0. The lowest BCUT2D eigenvalue weighted by Crippen LogP contribution is -2.26. The molecular formula is C52H125N5O3. The van der Waals surface area contributed by atoms with Gasteiger partial charge < -0.3 is 39.5 Å². The molecule has 0 aliphatic carbocycles. The van der Waals surface area contributed by atoms with Gasteiger partial charge in [-0.3, -0.25) is 0 Å². The van der Waals surface area contributed by atoms with Gasteiger partial charge in [-0.05, 0) is 156 Å². The Morgan fingerprint density at radius 3 is 0.700 bits per heavy atom. The van der Waals surface area contributed by atoms with E-state index in [2.05, 4.69) is 220 Å². The summed E-state index contributed by atoms with van der Waals surface area (Å²) in [5, 5.41) is 6.33. The molecule has 0 rings (SSSR count). The predicted octanol–water partition coefficient (Wildman–Crippen LogP) is 12.4. The SMILES string of the molecule is CC(C)C(C)CN(C)C.CC(C)CCN(C)C.CC(C)[C@H](C)CN(C)C.CNC(C)C(C)C.CNC(C)C(C)C.COC(C)C(C)C.COCC(C)C.CO[C@H](C)C(C)C. The van der Waals surface area contributed by atoms with Crippen LogP contribution in [0.1, 0.15) is 159 Å². The number of hydrogen-bond donors (Lipinski definition) is 2. The summed E-state index contributed by atoms with van der Waals surface area (Å²) >= 11 is 0. The highest BCUT2D eigenvalue weighted by Gasteiger charge is 2.08.